The molecule has 18 heavy (non-hydrogen) atoms. The van der Waals surface area contributed by atoms with Crippen molar-refractivity contribution in [2.45, 2.75) is 32.1 Å². The van der Waals surface area contributed by atoms with Crippen molar-refractivity contribution in [2.24, 2.45) is 0 Å². The number of aryl methyl sites for hydroxylation is 1. The molecule has 96 valence electrons. The van der Waals surface area contributed by atoms with E-state index in [1.807, 2.05) is 13.0 Å². The number of rotatable bonds is 2. The minimum Gasteiger partial charge on any atom is -0.461 e. The van der Waals surface area contributed by atoms with Crippen molar-refractivity contribution in [3.8, 4) is 11.6 Å². The van der Waals surface area contributed by atoms with Gasteiger partial charge in [-0.05, 0) is 44.5 Å². The summed E-state index contributed by atoms with van der Waals surface area (Å²) in [6.45, 7) is 6.14. The van der Waals surface area contributed by atoms with Gasteiger partial charge in [0.15, 0.2) is 5.76 Å². The average molecular weight is 247 g/mol. The first-order chi connectivity index (χ1) is 8.69. The number of piperidine rings is 1. The van der Waals surface area contributed by atoms with E-state index in [1.54, 1.807) is 6.26 Å². The monoisotopic (exact) mass is 247 g/mol. The van der Waals surface area contributed by atoms with Crippen LogP contribution in [0.1, 0.15) is 31.2 Å². The minimum atomic E-state index is -0.0169. The van der Waals surface area contributed by atoms with E-state index in [1.165, 1.54) is 0 Å². The van der Waals surface area contributed by atoms with Crippen LogP contribution in [0.4, 0.5) is 0 Å². The van der Waals surface area contributed by atoms with E-state index in [-0.39, 0.29) is 5.41 Å². The van der Waals surface area contributed by atoms with Crippen LogP contribution < -0.4 is 5.32 Å². The van der Waals surface area contributed by atoms with Crippen LogP contribution in [-0.2, 0) is 5.41 Å². The lowest BCUT2D eigenvalue weighted by Gasteiger charge is -2.30. The Hall–Kier alpha value is -1.62. The van der Waals surface area contributed by atoms with Crippen molar-refractivity contribution in [3.05, 3.63) is 23.8 Å². The molecular weight excluding hydrogens is 230 g/mol. The molecule has 3 rings (SSSR count). The molecule has 1 N–H and O–H groups in total. The second kappa shape index (κ2) is 4.24. The molecule has 0 atom stereocenters. The zero-order chi connectivity index (χ0) is 12.6. The Morgan fingerprint density at radius 2 is 2.11 bits per heavy atom. The Morgan fingerprint density at radius 1 is 1.33 bits per heavy atom. The molecule has 2 aromatic heterocycles. The third kappa shape index (κ3) is 1.84. The second-order valence-corrected chi connectivity index (χ2v) is 5.17. The van der Waals surface area contributed by atoms with Crippen molar-refractivity contribution < 1.29 is 8.94 Å². The van der Waals surface area contributed by atoms with Gasteiger partial charge in [-0.1, -0.05) is 12.1 Å². The average Bonchev–Trinajstić information content (AvgIpc) is 2.98. The number of aromatic nitrogens is 2. The van der Waals surface area contributed by atoms with Crippen molar-refractivity contribution in [1.82, 2.24) is 15.5 Å². The van der Waals surface area contributed by atoms with Gasteiger partial charge in [0.1, 0.15) is 0 Å². The lowest BCUT2D eigenvalue weighted by Crippen LogP contribution is -2.37. The molecule has 1 aliphatic heterocycles. The van der Waals surface area contributed by atoms with Gasteiger partial charge in [-0.2, -0.15) is 4.98 Å². The zero-order valence-electron chi connectivity index (χ0n) is 10.7. The van der Waals surface area contributed by atoms with Gasteiger partial charge < -0.3 is 14.3 Å². The Morgan fingerprint density at radius 3 is 2.78 bits per heavy atom. The molecule has 1 aliphatic rings. The molecule has 0 aromatic carbocycles. The molecule has 0 bridgehead atoms. The third-order valence-electron chi connectivity index (χ3n) is 3.71. The summed E-state index contributed by atoms with van der Waals surface area (Å²) in [5.41, 5.74) is 1.01. The summed E-state index contributed by atoms with van der Waals surface area (Å²) in [7, 11) is 0. The summed E-state index contributed by atoms with van der Waals surface area (Å²) >= 11 is 0. The van der Waals surface area contributed by atoms with E-state index in [2.05, 4.69) is 22.4 Å². The van der Waals surface area contributed by atoms with Crippen LogP contribution in [0.5, 0.6) is 0 Å². The summed E-state index contributed by atoms with van der Waals surface area (Å²) < 4.78 is 10.8. The highest BCUT2D eigenvalue weighted by atomic mass is 16.5. The first-order valence-electron chi connectivity index (χ1n) is 6.28. The summed E-state index contributed by atoms with van der Waals surface area (Å²) in [5.74, 6) is 1.96. The highest BCUT2D eigenvalue weighted by Gasteiger charge is 2.34. The number of furan rings is 1. The van der Waals surface area contributed by atoms with E-state index in [0.717, 1.165) is 37.4 Å². The molecule has 0 saturated carbocycles. The smallest absolute Gasteiger partial charge is 0.238 e. The van der Waals surface area contributed by atoms with Crippen molar-refractivity contribution >= 4 is 0 Å². The van der Waals surface area contributed by atoms with Crippen LogP contribution in [0.15, 0.2) is 21.3 Å². The number of hydrogen-bond donors (Lipinski definition) is 1. The number of nitrogens with zero attached hydrogens (tertiary/aromatic N) is 2. The number of nitrogens with one attached hydrogen (secondary N) is 1. The maximum Gasteiger partial charge on any atom is 0.238 e. The molecule has 0 unspecified atom stereocenters. The normalized spacial score (nSPS) is 19.0. The van der Waals surface area contributed by atoms with Gasteiger partial charge in [-0.25, -0.2) is 0 Å². The first-order valence-corrected chi connectivity index (χ1v) is 6.28. The zero-order valence-corrected chi connectivity index (χ0v) is 10.7. The molecule has 5 heteroatoms. The van der Waals surface area contributed by atoms with Crippen LogP contribution in [-0.4, -0.2) is 23.2 Å². The Kier molecular flexibility index (Phi) is 2.70. The SMILES string of the molecule is Cc1ccoc1-c1noc(C2(C)CCNCC2)n1. The molecule has 0 aliphatic carbocycles. The van der Waals surface area contributed by atoms with Gasteiger partial charge in [0.05, 0.1) is 6.26 Å². The minimum absolute atomic E-state index is 0.0169. The standard InChI is InChI=1S/C13H17N3O2/c1-9-3-8-17-10(9)11-15-12(18-16-11)13(2)4-6-14-7-5-13/h3,8,14H,4-7H2,1-2H3. The molecule has 1 saturated heterocycles. The van der Waals surface area contributed by atoms with E-state index in [0.29, 0.717) is 11.6 Å². The molecule has 0 spiro atoms. The lowest BCUT2D eigenvalue weighted by atomic mass is 9.81. The second-order valence-electron chi connectivity index (χ2n) is 5.17. The fourth-order valence-electron chi connectivity index (χ4n) is 2.36. The first kappa shape index (κ1) is 11.5. The highest BCUT2D eigenvalue weighted by Crippen LogP contribution is 2.33. The van der Waals surface area contributed by atoms with Gasteiger partial charge in [0.2, 0.25) is 11.7 Å². The van der Waals surface area contributed by atoms with Crippen LogP contribution >= 0.6 is 0 Å². The predicted molar refractivity (Wildman–Crippen MR) is 66.2 cm³/mol. The fourth-order valence-corrected chi connectivity index (χ4v) is 2.36. The summed E-state index contributed by atoms with van der Waals surface area (Å²) in [6, 6.07) is 1.90. The van der Waals surface area contributed by atoms with Gasteiger partial charge >= 0.3 is 0 Å². The van der Waals surface area contributed by atoms with Gasteiger partial charge in [-0.15, -0.1) is 0 Å². The van der Waals surface area contributed by atoms with E-state index >= 15 is 0 Å². The predicted octanol–water partition coefficient (Wildman–Crippen LogP) is 2.28. The molecule has 2 aromatic rings. The van der Waals surface area contributed by atoms with Crippen LogP contribution in [0.2, 0.25) is 0 Å². The quantitative estimate of drug-likeness (QED) is 0.882. The van der Waals surface area contributed by atoms with Gasteiger partial charge in [-0.3, -0.25) is 0 Å². The van der Waals surface area contributed by atoms with E-state index < -0.39 is 0 Å². The van der Waals surface area contributed by atoms with E-state index in [4.69, 9.17) is 8.94 Å². The fraction of sp³-hybridized carbons (Fsp3) is 0.538. The summed E-state index contributed by atoms with van der Waals surface area (Å²) in [5, 5.41) is 7.38. The molecule has 0 amide bonds. The number of hydrogen-bond acceptors (Lipinski definition) is 5. The maximum atomic E-state index is 5.44. The van der Waals surface area contributed by atoms with E-state index in [9.17, 15) is 0 Å². The molecule has 5 nitrogen and oxygen atoms in total. The molecule has 3 heterocycles. The van der Waals surface area contributed by atoms with Gasteiger partial charge in [0.25, 0.3) is 0 Å². The Labute approximate surface area is 106 Å². The topological polar surface area (TPSA) is 64.1 Å². The maximum absolute atomic E-state index is 5.44. The van der Waals surface area contributed by atoms with Crippen LogP contribution in [0, 0.1) is 6.92 Å². The Bertz CT molecular complexity index is 538. The Balaban J connectivity index is 1.92. The van der Waals surface area contributed by atoms with Crippen LogP contribution in [0.25, 0.3) is 11.6 Å². The largest absolute Gasteiger partial charge is 0.461 e. The molecular formula is C13H17N3O2. The third-order valence-corrected chi connectivity index (χ3v) is 3.71. The van der Waals surface area contributed by atoms with Crippen molar-refractivity contribution in [2.75, 3.05) is 13.1 Å². The molecule has 1 fully saturated rings. The summed E-state index contributed by atoms with van der Waals surface area (Å²) in [6.07, 6.45) is 3.69. The van der Waals surface area contributed by atoms with Crippen molar-refractivity contribution in [3.63, 3.8) is 0 Å². The van der Waals surface area contributed by atoms with Crippen LogP contribution in [0.3, 0.4) is 0 Å². The van der Waals surface area contributed by atoms with Crippen molar-refractivity contribution in [1.29, 1.82) is 0 Å². The van der Waals surface area contributed by atoms with Gasteiger partial charge in [0, 0.05) is 5.41 Å². The summed E-state index contributed by atoms with van der Waals surface area (Å²) in [4.78, 5) is 4.51. The lowest BCUT2D eigenvalue weighted by molar-refractivity contribution is 0.241. The highest BCUT2D eigenvalue weighted by molar-refractivity contribution is 5.51. The molecule has 0 radical (unpaired) electrons.